The molecular weight excluding hydrogens is 448 g/mol. The molecule has 5 rings (SSSR count). The van der Waals surface area contributed by atoms with Gasteiger partial charge in [0.15, 0.2) is 5.78 Å². The van der Waals surface area contributed by atoms with Crippen LogP contribution in [0.4, 0.5) is 5.82 Å². The van der Waals surface area contributed by atoms with Crippen molar-refractivity contribution in [3.05, 3.63) is 89.6 Å². The lowest BCUT2D eigenvalue weighted by Gasteiger charge is -2.28. The number of rotatable bonds is 6. The van der Waals surface area contributed by atoms with Crippen LogP contribution in [-0.2, 0) is 16.0 Å². The molecule has 1 fully saturated rings. The summed E-state index contributed by atoms with van der Waals surface area (Å²) in [6.45, 7) is 4.85. The third kappa shape index (κ3) is 5.54. The highest BCUT2D eigenvalue weighted by Gasteiger charge is 2.16. The molecule has 0 atom stereocenters. The molecule has 0 unspecified atom stereocenters. The van der Waals surface area contributed by atoms with E-state index in [1.807, 2.05) is 55.6 Å². The number of carbonyl (C=O) groups is 1. The second-order valence-corrected chi connectivity index (χ2v) is 8.75. The summed E-state index contributed by atoms with van der Waals surface area (Å²) in [7, 11) is 0. The van der Waals surface area contributed by atoms with E-state index in [2.05, 4.69) is 39.1 Å². The zero-order valence-corrected chi connectivity index (χ0v) is 20.3. The number of aryl methyl sites for hydroxylation is 1. The van der Waals surface area contributed by atoms with Gasteiger partial charge in [-0.1, -0.05) is 42.2 Å². The Morgan fingerprint density at radius 1 is 1.08 bits per heavy atom. The summed E-state index contributed by atoms with van der Waals surface area (Å²) in [4.78, 5) is 19.0. The maximum absolute atomic E-state index is 11.7. The van der Waals surface area contributed by atoms with E-state index in [9.17, 15) is 4.79 Å². The largest absolute Gasteiger partial charge is 0.378 e. The zero-order chi connectivity index (χ0) is 24.7. The van der Waals surface area contributed by atoms with E-state index in [0.29, 0.717) is 19.6 Å². The van der Waals surface area contributed by atoms with Crippen molar-refractivity contribution in [2.24, 2.45) is 0 Å². The number of morpholine rings is 1. The van der Waals surface area contributed by atoms with Crippen LogP contribution >= 0.6 is 0 Å². The minimum Gasteiger partial charge on any atom is -0.378 e. The summed E-state index contributed by atoms with van der Waals surface area (Å²) in [5.74, 6) is 7.70. The van der Waals surface area contributed by atoms with Crippen molar-refractivity contribution >= 4 is 22.5 Å². The van der Waals surface area contributed by atoms with Crippen LogP contribution in [0.15, 0.2) is 72.9 Å². The van der Waals surface area contributed by atoms with Crippen LogP contribution in [0.5, 0.6) is 0 Å². The minimum absolute atomic E-state index is 0.150. The van der Waals surface area contributed by atoms with Crippen LogP contribution < -0.4 is 4.90 Å². The van der Waals surface area contributed by atoms with Crippen LogP contribution in [0.3, 0.4) is 0 Å². The Morgan fingerprint density at radius 3 is 2.69 bits per heavy atom. The molecular formula is C30H28N4O2. The summed E-state index contributed by atoms with van der Waals surface area (Å²) in [5.41, 5.74) is 5.84. The summed E-state index contributed by atoms with van der Waals surface area (Å²) >= 11 is 0. The molecule has 180 valence electrons. The molecule has 6 heteroatoms. The molecule has 0 spiro atoms. The van der Waals surface area contributed by atoms with Gasteiger partial charge in [-0.2, -0.15) is 5.10 Å². The van der Waals surface area contributed by atoms with Crippen molar-refractivity contribution in [2.75, 3.05) is 31.2 Å². The lowest BCUT2D eigenvalue weighted by Crippen LogP contribution is -2.36. The molecule has 0 bridgehead atoms. The number of ether oxygens (including phenoxy) is 1. The van der Waals surface area contributed by atoms with Gasteiger partial charge in [0, 0.05) is 41.6 Å². The Balaban J connectivity index is 1.44. The first-order chi connectivity index (χ1) is 17.7. The highest BCUT2D eigenvalue weighted by atomic mass is 16.5. The van der Waals surface area contributed by atoms with Crippen LogP contribution in [0.1, 0.15) is 30.0 Å². The van der Waals surface area contributed by atoms with E-state index in [4.69, 9.17) is 9.72 Å². The second-order valence-electron chi connectivity index (χ2n) is 8.75. The standard InChI is InChI=1S/C30H28N4O2/c1-2-4-25(35)14-13-23-9-7-22(8-10-23)11-12-24-19-29(26-5-3-6-28-27(26)21-31-33-28)32-30(20-24)34-15-17-36-18-16-34/h2-10,19-21H,13-18H2,1H3,(H,31,33). The molecule has 1 N–H and O–H groups in total. The topological polar surface area (TPSA) is 71.1 Å². The Kier molecular flexibility index (Phi) is 7.20. The molecule has 0 amide bonds. The summed E-state index contributed by atoms with van der Waals surface area (Å²) in [6.07, 6.45) is 6.50. The van der Waals surface area contributed by atoms with Crippen LogP contribution in [0.25, 0.3) is 22.2 Å². The molecule has 0 radical (unpaired) electrons. The highest BCUT2D eigenvalue weighted by molar-refractivity contribution is 5.93. The molecule has 3 heterocycles. The number of carbonyl (C=O) groups excluding carboxylic acids is 1. The number of ketones is 1. The molecule has 1 saturated heterocycles. The summed E-state index contributed by atoms with van der Waals surface area (Å²) in [6, 6.07) is 18.3. The average molecular weight is 477 g/mol. The average Bonchev–Trinajstić information content (AvgIpc) is 3.41. The van der Waals surface area contributed by atoms with E-state index in [-0.39, 0.29) is 5.78 Å². The van der Waals surface area contributed by atoms with Gasteiger partial charge >= 0.3 is 0 Å². The Bertz CT molecular complexity index is 1450. The van der Waals surface area contributed by atoms with Gasteiger partial charge in [0.25, 0.3) is 0 Å². The van der Waals surface area contributed by atoms with Gasteiger partial charge in [-0.05, 0) is 55.3 Å². The quantitative estimate of drug-likeness (QED) is 0.315. The molecule has 36 heavy (non-hydrogen) atoms. The first-order valence-electron chi connectivity index (χ1n) is 12.2. The number of aromatic nitrogens is 3. The third-order valence-corrected chi connectivity index (χ3v) is 6.23. The lowest BCUT2D eigenvalue weighted by molar-refractivity contribution is -0.114. The number of aromatic amines is 1. The SMILES string of the molecule is CC=CC(=O)CCc1ccc(C#Cc2cc(-c3cccc4[nH]ncc34)nc(N3CCOCC3)c2)cc1. The van der Waals surface area contributed by atoms with Crippen molar-refractivity contribution in [3.63, 3.8) is 0 Å². The van der Waals surface area contributed by atoms with E-state index >= 15 is 0 Å². The van der Waals surface area contributed by atoms with Gasteiger partial charge in [0.1, 0.15) is 5.82 Å². The fraction of sp³-hybridized carbons (Fsp3) is 0.233. The number of hydrogen-bond donors (Lipinski definition) is 1. The number of nitrogens with zero attached hydrogens (tertiary/aromatic N) is 3. The number of anilines is 1. The lowest BCUT2D eigenvalue weighted by atomic mass is 10.0. The van der Waals surface area contributed by atoms with Crippen molar-refractivity contribution in [3.8, 4) is 23.1 Å². The Labute approximate surface area is 211 Å². The van der Waals surface area contributed by atoms with E-state index in [1.165, 1.54) is 0 Å². The molecule has 1 aliphatic rings. The number of H-pyrrole nitrogens is 1. The minimum atomic E-state index is 0.150. The van der Waals surface area contributed by atoms with Crippen molar-refractivity contribution in [2.45, 2.75) is 19.8 Å². The number of nitrogens with one attached hydrogen (secondary N) is 1. The van der Waals surface area contributed by atoms with Gasteiger partial charge in [0.05, 0.1) is 30.6 Å². The summed E-state index contributed by atoms with van der Waals surface area (Å²) in [5, 5.41) is 8.28. The number of hydrogen-bond acceptors (Lipinski definition) is 5. The second kappa shape index (κ2) is 11.0. The molecule has 4 aromatic rings. The predicted octanol–water partition coefficient (Wildman–Crippen LogP) is 4.94. The van der Waals surface area contributed by atoms with Crippen molar-refractivity contribution in [1.29, 1.82) is 0 Å². The fourth-order valence-corrected chi connectivity index (χ4v) is 4.31. The first kappa shape index (κ1) is 23.5. The monoisotopic (exact) mass is 476 g/mol. The normalized spacial score (nSPS) is 13.6. The highest BCUT2D eigenvalue weighted by Crippen LogP contribution is 2.29. The van der Waals surface area contributed by atoms with E-state index in [0.717, 1.165) is 64.2 Å². The maximum atomic E-state index is 11.7. The fourth-order valence-electron chi connectivity index (χ4n) is 4.31. The maximum Gasteiger partial charge on any atom is 0.155 e. The van der Waals surface area contributed by atoms with Gasteiger partial charge in [-0.25, -0.2) is 4.98 Å². The van der Waals surface area contributed by atoms with Crippen LogP contribution in [0.2, 0.25) is 0 Å². The molecule has 6 nitrogen and oxygen atoms in total. The van der Waals surface area contributed by atoms with Gasteiger partial charge in [0.2, 0.25) is 0 Å². The predicted molar refractivity (Wildman–Crippen MR) is 143 cm³/mol. The number of fused-ring (bicyclic) bond motifs is 1. The number of benzene rings is 2. The molecule has 0 aliphatic carbocycles. The van der Waals surface area contributed by atoms with Crippen molar-refractivity contribution < 1.29 is 9.53 Å². The molecule has 2 aromatic carbocycles. The van der Waals surface area contributed by atoms with E-state index in [1.54, 1.807) is 12.2 Å². The van der Waals surface area contributed by atoms with Gasteiger partial charge in [-0.15, -0.1) is 0 Å². The number of pyridine rings is 1. The van der Waals surface area contributed by atoms with Gasteiger partial charge in [-0.3, -0.25) is 9.89 Å². The molecule has 1 aliphatic heterocycles. The van der Waals surface area contributed by atoms with Crippen LogP contribution in [-0.4, -0.2) is 47.3 Å². The smallest absolute Gasteiger partial charge is 0.155 e. The molecule has 2 aromatic heterocycles. The third-order valence-electron chi connectivity index (χ3n) is 6.23. The number of allylic oxidation sites excluding steroid dienone is 2. The van der Waals surface area contributed by atoms with Crippen molar-refractivity contribution in [1.82, 2.24) is 15.2 Å². The Hall–Kier alpha value is -4.21. The summed E-state index contributed by atoms with van der Waals surface area (Å²) < 4.78 is 5.54. The molecule has 0 saturated carbocycles. The van der Waals surface area contributed by atoms with E-state index < -0.39 is 0 Å². The van der Waals surface area contributed by atoms with Gasteiger partial charge < -0.3 is 9.64 Å². The van der Waals surface area contributed by atoms with Crippen LogP contribution in [0, 0.1) is 11.8 Å². The Morgan fingerprint density at radius 2 is 1.89 bits per heavy atom. The first-order valence-corrected chi connectivity index (χ1v) is 12.2. The zero-order valence-electron chi connectivity index (χ0n) is 20.3.